The number of benzene rings is 5. The first-order valence-electron chi connectivity index (χ1n) is 12.8. The predicted octanol–water partition coefficient (Wildman–Crippen LogP) is 8.37. The Bertz CT molecular complexity index is 1930. The maximum atomic E-state index is 4.98. The predicted molar refractivity (Wildman–Crippen MR) is 159 cm³/mol. The summed E-state index contributed by atoms with van der Waals surface area (Å²) in [6.45, 7) is 2.20. The van der Waals surface area contributed by atoms with Crippen LogP contribution in [0.1, 0.15) is 5.56 Å². The fourth-order valence-corrected chi connectivity index (χ4v) is 6.41. The number of hydrogen-bond donors (Lipinski definition) is 0. The second-order valence-electron chi connectivity index (χ2n) is 9.61. The number of para-hydroxylation sites is 3. The minimum atomic E-state index is 1.05. The number of rotatable bonds is 4. The molecule has 38 heavy (non-hydrogen) atoms. The van der Waals surface area contributed by atoms with Crippen LogP contribution in [0.4, 0.5) is 0 Å². The summed E-state index contributed by atoms with van der Waals surface area (Å²) in [6, 6.07) is 43.0. The van der Waals surface area contributed by atoms with E-state index in [9.17, 15) is 0 Å². The Morgan fingerprint density at radius 1 is 0.684 bits per heavy atom. The molecular formula is C34H26N3S+. The maximum absolute atomic E-state index is 4.98. The lowest BCUT2D eigenvalue weighted by atomic mass is 10.0. The van der Waals surface area contributed by atoms with Crippen molar-refractivity contribution in [2.45, 2.75) is 6.92 Å². The van der Waals surface area contributed by atoms with Gasteiger partial charge >= 0.3 is 0 Å². The molecule has 0 saturated heterocycles. The summed E-state index contributed by atoms with van der Waals surface area (Å²) < 4.78 is 5.94. The van der Waals surface area contributed by atoms with Crippen LogP contribution in [0.2, 0.25) is 0 Å². The molecule has 7 aromatic rings. The van der Waals surface area contributed by atoms with Crippen LogP contribution in [0.15, 0.2) is 121 Å². The van der Waals surface area contributed by atoms with Crippen LogP contribution >= 0.6 is 11.3 Å². The van der Waals surface area contributed by atoms with Crippen LogP contribution in [-0.4, -0.2) is 9.55 Å². The monoisotopic (exact) mass is 508 g/mol. The summed E-state index contributed by atoms with van der Waals surface area (Å²) in [7, 11) is 2.17. The van der Waals surface area contributed by atoms with Crippen molar-refractivity contribution in [1.82, 2.24) is 9.55 Å². The third-order valence-electron chi connectivity index (χ3n) is 7.24. The van der Waals surface area contributed by atoms with Gasteiger partial charge in [0.05, 0.1) is 22.8 Å². The van der Waals surface area contributed by atoms with Gasteiger partial charge in [0.15, 0.2) is 11.0 Å². The largest absolute Gasteiger partial charge is 0.295 e. The standard InChI is InChI=1S/C34H26N3S/c1-23-21-28-32(38-33(35-28)25-15-7-4-8-16-25)22-27(23)34-36(2)30-19-11-12-20-31(30)37(34)29-18-10-9-17-26(29)24-13-5-3-6-14-24/h3-22H,1-2H3/q+1. The molecule has 3 nitrogen and oxygen atoms in total. The van der Waals surface area contributed by atoms with Crippen LogP contribution in [0.5, 0.6) is 0 Å². The van der Waals surface area contributed by atoms with E-state index < -0.39 is 0 Å². The van der Waals surface area contributed by atoms with Crippen molar-refractivity contribution in [3.05, 3.63) is 127 Å². The molecule has 2 aromatic heterocycles. The summed E-state index contributed by atoms with van der Waals surface area (Å²) in [6.07, 6.45) is 0. The van der Waals surface area contributed by atoms with Crippen molar-refractivity contribution in [1.29, 1.82) is 0 Å². The Morgan fingerprint density at radius 3 is 2.13 bits per heavy atom. The van der Waals surface area contributed by atoms with Crippen molar-refractivity contribution in [3.8, 4) is 38.8 Å². The fraction of sp³-hybridized carbons (Fsp3) is 0.0588. The first-order chi connectivity index (χ1) is 18.7. The highest BCUT2D eigenvalue weighted by Gasteiger charge is 2.29. The van der Waals surface area contributed by atoms with Crippen molar-refractivity contribution >= 4 is 32.6 Å². The third kappa shape index (κ3) is 3.65. The molecule has 0 amide bonds. The molecule has 0 atom stereocenters. The summed E-state index contributed by atoms with van der Waals surface area (Å²) in [5.74, 6) is 1.16. The third-order valence-corrected chi connectivity index (χ3v) is 8.31. The molecule has 0 bridgehead atoms. The molecule has 2 heterocycles. The Labute approximate surface area is 225 Å². The van der Waals surface area contributed by atoms with Gasteiger partial charge in [-0.2, -0.15) is 4.57 Å². The quantitative estimate of drug-likeness (QED) is 0.219. The lowest BCUT2D eigenvalue weighted by Gasteiger charge is -2.11. The Kier molecular flexibility index (Phi) is 5.41. The van der Waals surface area contributed by atoms with Gasteiger partial charge in [0.2, 0.25) is 0 Å². The van der Waals surface area contributed by atoms with Gasteiger partial charge in [-0.1, -0.05) is 91.0 Å². The van der Waals surface area contributed by atoms with Crippen molar-refractivity contribution in [2.24, 2.45) is 7.05 Å². The highest BCUT2D eigenvalue weighted by Crippen LogP contribution is 2.38. The minimum absolute atomic E-state index is 1.05. The van der Waals surface area contributed by atoms with E-state index in [2.05, 4.69) is 138 Å². The number of aromatic nitrogens is 3. The molecular weight excluding hydrogens is 482 g/mol. The van der Waals surface area contributed by atoms with E-state index in [0.717, 1.165) is 21.9 Å². The molecule has 0 aliphatic heterocycles. The molecule has 4 heteroatoms. The molecule has 0 fully saturated rings. The van der Waals surface area contributed by atoms with Crippen LogP contribution in [-0.2, 0) is 7.05 Å². The molecule has 0 radical (unpaired) electrons. The van der Waals surface area contributed by atoms with E-state index >= 15 is 0 Å². The Balaban J connectivity index is 1.51. The molecule has 7 rings (SSSR count). The van der Waals surface area contributed by atoms with Gasteiger partial charge in [-0.3, -0.25) is 0 Å². The zero-order valence-corrected chi connectivity index (χ0v) is 22.1. The average Bonchev–Trinajstić information content (AvgIpc) is 3.52. The van der Waals surface area contributed by atoms with Crippen LogP contribution in [0, 0.1) is 6.92 Å². The maximum Gasteiger partial charge on any atom is 0.295 e. The van der Waals surface area contributed by atoms with Crippen LogP contribution < -0.4 is 4.57 Å². The molecule has 0 aliphatic carbocycles. The van der Waals surface area contributed by atoms with Gasteiger partial charge in [0, 0.05) is 11.1 Å². The number of imidazole rings is 1. The van der Waals surface area contributed by atoms with Crippen molar-refractivity contribution < 1.29 is 4.57 Å². The molecule has 0 aliphatic rings. The first-order valence-corrected chi connectivity index (χ1v) is 13.6. The van der Waals surface area contributed by atoms with Gasteiger partial charge in [0.25, 0.3) is 5.82 Å². The summed E-state index contributed by atoms with van der Waals surface area (Å²) >= 11 is 1.75. The van der Waals surface area contributed by atoms with Gasteiger partial charge in [0.1, 0.15) is 10.7 Å². The van der Waals surface area contributed by atoms with Crippen LogP contribution in [0.3, 0.4) is 0 Å². The molecule has 182 valence electrons. The molecule has 5 aromatic carbocycles. The SMILES string of the molecule is Cc1cc2nc(-c3ccccc3)sc2cc1-c1n(-c2ccccc2-c2ccccc2)c2ccccc2[n+]1C. The number of nitrogens with zero attached hydrogens (tertiary/aromatic N) is 3. The molecule has 0 unspecified atom stereocenters. The summed E-state index contributed by atoms with van der Waals surface area (Å²) in [5.41, 5.74) is 10.6. The second kappa shape index (κ2) is 9.09. The molecule has 0 spiro atoms. The number of aryl methyl sites for hydroxylation is 2. The summed E-state index contributed by atoms with van der Waals surface area (Å²) in [5, 5.41) is 1.05. The zero-order valence-electron chi connectivity index (χ0n) is 21.3. The minimum Gasteiger partial charge on any atom is -0.236 e. The smallest absolute Gasteiger partial charge is 0.236 e. The number of thiazole rings is 1. The van der Waals surface area contributed by atoms with E-state index in [1.807, 2.05) is 6.07 Å². The summed E-state index contributed by atoms with van der Waals surface area (Å²) in [4.78, 5) is 4.98. The van der Waals surface area contributed by atoms with Gasteiger partial charge < -0.3 is 0 Å². The van der Waals surface area contributed by atoms with E-state index in [1.165, 1.54) is 43.7 Å². The lowest BCUT2D eigenvalue weighted by Crippen LogP contribution is -2.30. The highest BCUT2D eigenvalue weighted by atomic mass is 32.1. The van der Waals surface area contributed by atoms with Crippen molar-refractivity contribution in [2.75, 3.05) is 0 Å². The lowest BCUT2D eigenvalue weighted by molar-refractivity contribution is -0.633. The average molecular weight is 509 g/mol. The topological polar surface area (TPSA) is 21.7 Å². The Hall–Kier alpha value is -4.54. The van der Waals surface area contributed by atoms with E-state index in [1.54, 1.807) is 11.3 Å². The normalized spacial score (nSPS) is 11.4. The van der Waals surface area contributed by atoms with Gasteiger partial charge in [-0.05, 0) is 48.4 Å². The number of hydrogen-bond acceptors (Lipinski definition) is 2. The second-order valence-corrected chi connectivity index (χ2v) is 10.6. The van der Waals surface area contributed by atoms with Crippen LogP contribution in [0.25, 0.3) is 60.0 Å². The fourth-order valence-electron chi connectivity index (χ4n) is 5.41. The van der Waals surface area contributed by atoms with E-state index in [-0.39, 0.29) is 0 Å². The zero-order chi connectivity index (χ0) is 25.6. The molecule has 0 saturated carbocycles. The van der Waals surface area contributed by atoms with E-state index in [0.29, 0.717) is 0 Å². The number of fused-ring (bicyclic) bond motifs is 2. The Morgan fingerprint density at radius 2 is 1.34 bits per heavy atom. The first kappa shape index (κ1) is 22.6. The van der Waals surface area contributed by atoms with Gasteiger partial charge in [-0.25, -0.2) is 9.55 Å². The highest BCUT2D eigenvalue weighted by molar-refractivity contribution is 7.21. The van der Waals surface area contributed by atoms with Gasteiger partial charge in [-0.15, -0.1) is 11.3 Å². The van der Waals surface area contributed by atoms with E-state index in [4.69, 9.17) is 4.98 Å². The molecule has 0 N–H and O–H groups in total. The van der Waals surface area contributed by atoms with Crippen molar-refractivity contribution in [3.63, 3.8) is 0 Å².